The molecule has 1 saturated heterocycles. The summed E-state index contributed by atoms with van der Waals surface area (Å²) < 4.78 is 32.7. The molecule has 3 atom stereocenters. The quantitative estimate of drug-likeness (QED) is 0.595. The van der Waals surface area contributed by atoms with Gasteiger partial charge >= 0.3 is 5.97 Å². The number of β-amino-alcohol motifs (C(OH)–C–C–N with tert-alkyl or cyclic N) is 1. The molecule has 0 aromatic heterocycles. The van der Waals surface area contributed by atoms with Gasteiger partial charge in [-0.05, 0) is 62.8 Å². The first kappa shape index (κ1) is 24.7. The van der Waals surface area contributed by atoms with E-state index in [0.29, 0.717) is 12.5 Å². The van der Waals surface area contributed by atoms with Crippen molar-refractivity contribution in [3.63, 3.8) is 0 Å². The number of benzene rings is 1. The van der Waals surface area contributed by atoms with Crippen LogP contribution in [0.15, 0.2) is 23.1 Å². The van der Waals surface area contributed by atoms with Gasteiger partial charge in [0, 0.05) is 19.5 Å². The van der Waals surface area contributed by atoms with Crippen molar-refractivity contribution in [3.05, 3.63) is 29.3 Å². The molecule has 0 bridgehead atoms. The van der Waals surface area contributed by atoms with Gasteiger partial charge in [-0.25, -0.2) is 8.42 Å². The summed E-state index contributed by atoms with van der Waals surface area (Å²) in [5.41, 5.74) is 1.77. The summed E-state index contributed by atoms with van der Waals surface area (Å²) >= 11 is 0. The molecule has 1 saturated carbocycles. The zero-order valence-corrected chi connectivity index (χ0v) is 19.9. The van der Waals surface area contributed by atoms with Crippen LogP contribution in [0.4, 0.5) is 0 Å². The van der Waals surface area contributed by atoms with Gasteiger partial charge < -0.3 is 15.2 Å². The van der Waals surface area contributed by atoms with E-state index in [0.717, 1.165) is 28.3 Å². The Bertz CT molecular complexity index is 942. The average molecular weight is 467 g/mol. The number of nitrogens with zero attached hydrogens (tertiary/aromatic N) is 1. The topological polar surface area (TPSA) is 113 Å². The molecule has 3 rings (SSSR count). The Balaban J connectivity index is 1.64. The van der Waals surface area contributed by atoms with Crippen LogP contribution in [0.3, 0.4) is 0 Å². The van der Waals surface area contributed by atoms with Crippen molar-refractivity contribution in [1.82, 2.24) is 9.62 Å². The Morgan fingerprint density at radius 2 is 1.88 bits per heavy atom. The van der Waals surface area contributed by atoms with Crippen LogP contribution < -0.4 is 5.32 Å². The highest BCUT2D eigenvalue weighted by molar-refractivity contribution is 7.89. The molecule has 1 amide bonds. The van der Waals surface area contributed by atoms with E-state index in [1.165, 1.54) is 32.3 Å². The van der Waals surface area contributed by atoms with Crippen LogP contribution in [-0.4, -0.2) is 61.0 Å². The molecular weight excluding hydrogens is 432 g/mol. The van der Waals surface area contributed by atoms with Crippen molar-refractivity contribution < 1.29 is 27.9 Å². The minimum absolute atomic E-state index is 0.0609. The van der Waals surface area contributed by atoms with Gasteiger partial charge in [0.05, 0.1) is 11.0 Å². The van der Waals surface area contributed by atoms with Crippen LogP contribution in [0.25, 0.3) is 0 Å². The number of amides is 1. The number of rotatable bonds is 7. The number of aliphatic hydroxyl groups is 1. The molecule has 2 unspecified atom stereocenters. The number of aliphatic hydroxyl groups excluding tert-OH is 1. The fourth-order valence-electron chi connectivity index (χ4n) is 4.36. The molecule has 1 aromatic rings. The number of carbonyl (C=O) groups is 2. The Kier molecular flexibility index (Phi) is 7.95. The Morgan fingerprint density at radius 1 is 1.19 bits per heavy atom. The van der Waals surface area contributed by atoms with Gasteiger partial charge in [0.15, 0.2) is 6.10 Å². The summed E-state index contributed by atoms with van der Waals surface area (Å²) in [6, 6.07) is 3.58. The molecule has 1 aliphatic carbocycles. The van der Waals surface area contributed by atoms with Gasteiger partial charge in [-0.2, -0.15) is 4.31 Å². The van der Waals surface area contributed by atoms with Crippen molar-refractivity contribution in [2.45, 2.75) is 82.4 Å². The van der Waals surface area contributed by atoms with E-state index in [1.807, 2.05) is 13.8 Å². The second kappa shape index (κ2) is 10.3. The molecule has 2 aliphatic rings. The molecule has 178 valence electrons. The number of esters is 1. The zero-order valence-electron chi connectivity index (χ0n) is 19.0. The van der Waals surface area contributed by atoms with E-state index >= 15 is 0 Å². The van der Waals surface area contributed by atoms with Crippen molar-refractivity contribution in [2.75, 3.05) is 13.1 Å². The molecule has 0 radical (unpaired) electrons. The first-order valence-corrected chi connectivity index (χ1v) is 12.8. The highest BCUT2D eigenvalue weighted by atomic mass is 32.2. The third kappa shape index (κ3) is 5.68. The van der Waals surface area contributed by atoms with Gasteiger partial charge in [-0.3, -0.25) is 9.59 Å². The maximum Gasteiger partial charge on any atom is 0.325 e. The Labute approximate surface area is 190 Å². The molecule has 1 heterocycles. The van der Waals surface area contributed by atoms with E-state index in [4.69, 9.17) is 4.74 Å². The lowest BCUT2D eigenvalue weighted by Gasteiger charge is -2.25. The standard InChI is InChI=1S/C23H34N2O6S/c1-15-9-10-20(11-16(15)2)32(29,30)25-14-19(26)12-21(25)23(28)31-17(3)22(27)24-13-18-7-5-4-6-8-18/h9-11,17-19,21,26H,4-8,12-14H2,1-3H3,(H,24,27)/t17?,19?,21-/m0/s1. The summed E-state index contributed by atoms with van der Waals surface area (Å²) in [5.74, 6) is -0.778. The lowest BCUT2D eigenvalue weighted by Crippen LogP contribution is -2.45. The van der Waals surface area contributed by atoms with Gasteiger partial charge in [0.2, 0.25) is 10.0 Å². The molecule has 32 heavy (non-hydrogen) atoms. The monoisotopic (exact) mass is 466 g/mol. The number of hydrogen-bond acceptors (Lipinski definition) is 6. The van der Waals surface area contributed by atoms with Crippen LogP contribution in [-0.2, 0) is 24.3 Å². The predicted octanol–water partition coefficient (Wildman–Crippen LogP) is 2.06. The molecule has 2 fully saturated rings. The first-order chi connectivity index (χ1) is 15.1. The summed E-state index contributed by atoms with van der Waals surface area (Å²) in [5, 5.41) is 12.9. The number of carbonyl (C=O) groups excluding carboxylic acids is 2. The molecule has 8 nitrogen and oxygen atoms in total. The minimum Gasteiger partial charge on any atom is -0.451 e. The third-order valence-electron chi connectivity index (χ3n) is 6.54. The third-order valence-corrected chi connectivity index (χ3v) is 8.41. The molecule has 1 aromatic carbocycles. The van der Waals surface area contributed by atoms with E-state index in [1.54, 1.807) is 12.1 Å². The van der Waals surface area contributed by atoms with Crippen LogP contribution in [0.5, 0.6) is 0 Å². The number of aryl methyl sites for hydroxylation is 2. The molecule has 2 N–H and O–H groups in total. The van der Waals surface area contributed by atoms with Gasteiger partial charge in [0.25, 0.3) is 5.91 Å². The average Bonchev–Trinajstić information content (AvgIpc) is 3.17. The number of nitrogens with one attached hydrogen (secondary N) is 1. The van der Waals surface area contributed by atoms with Crippen LogP contribution in [0, 0.1) is 19.8 Å². The van der Waals surface area contributed by atoms with Gasteiger partial charge in [-0.15, -0.1) is 0 Å². The first-order valence-electron chi connectivity index (χ1n) is 11.3. The number of ether oxygens (including phenoxy) is 1. The van der Waals surface area contributed by atoms with E-state index in [2.05, 4.69) is 5.32 Å². The minimum atomic E-state index is -4.01. The van der Waals surface area contributed by atoms with Gasteiger partial charge in [0.1, 0.15) is 6.04 Å². The number of sulfonamides is 1. The fourth-order valence-corrected chi connectivity index (χ4v) is 6.07. The summed E-state index contributed by atoms with van der Waals surface area (Å²) in [6.45, 7) is 5.52. The maximum atomic E-state index is 13.2. The van der Waals surface area contributed by atoms with Crippen molar-refractivity contribution in [1.29, 1.82) is 0 Å². The van der Waals surface area contributed by atoms with Crippen LogP contribution >= 0.6 is 0 Å². The molecule has 1 aliphatic heterocycles. The van der Waals surface area contributed by atoms with E-state index in [9.17, 15) is 23.1 Å². The largest absolute Gasteiger partial charge is 0.451 e. The molecule has 9 heteroatoms. The fraction of sp³-hybridized carbons (Fsp3) is 0.652. The van der Waals surface area contributed by atoms with Crippen molar-refractivity contribution >= 4 is 21.9 Å². The van der Waals surface area contributed by atoms with Crippen LogP contribution in [0.2, 0.25) is 0 Å². The smallest absolute Gasteiger partial charge is 0.325 e. The highest BCUT2D eigenvalue weighted by Gasteiger charge is 2.45. The lowest BCUT2D eigenvalue weighted by atomic mass is 9.89. The van der Waals surface area contributed by atoms with Crippen molar-refractivity contribution in [2.24, 2.45) is 5.92 Å². The van der Waals surface area contributed by atoms with Gasteiger partial charge in [-0.1, -0.05) is 25.3 Å². The normalized spacial score (nSPS) is 23.6. The van der Waals surface area contributed by atoms with E-state index < -0.39 is 40.1 Å². The lowest BCUT2D eigenvalue weighted by molar-refractivity contribution is -0.158. The Morgan fingerprint density at radius 3 is 2.53 bits per heavy atom. The molecular formula is C23H34N2O6S. The molecule has 0 spiro atoms. The summed E-state index contributed by atoms with van der Waals surface area (Å²) in [4.78, 5) is 25.3. The summed E-state index contributed by atoms with van der Waals surface area (Å²) in [6.07, 6.45) is 3.63. The SMILES string of the molecule is Cc1ccc(S(=O)(=O)N2CC(O)C[C@H]2C(=O)OC(C)C(=O)NCC2CCCCC2)cc1C. The predicted molar refractivity (Wildman–Crippen MR) is 119 cm³/mol. The summed E-state index contributed by atoms with van der Waals surface area (Å²) in [7, 11) is -4.01. The van der Waals surface area contributed by atoms with Crippen LogP contribution in [0.1, 0.15) is 56.6 Å². The second-order valence-corrected chi connectivity index (χ2v) is 10.9. The maximum absolute atomic E-state index is 13.2. The second-order valence-electron chi connectivity index (χ2n) is 9.05. The highest BCUT2D eigenvalue weighted by Crippen LogP contribution is 2.28. The zero-order chi connectivity index (χ0) is 23.5. The van der Waals surface area contributed by atoms with Crippen molar-refractivity contribution in [3.8, 4) is 0 Å². The number of hydrogen-bond donors (Lipinski definition) is 2. The Hall–Kier alpha value is -1.97. The van der Waals surface area contributed by atoms with E-state index in [-0.39, 0.29) is 17.9 Å².